The van der Waals surface area contributed by atoms with Gasteiger partial charge < -0.3 is 0 Å². The molecule has 0 N–H and O–H groups in total. The fraction of sp³-hybridized carbons (Fsp3) is 0.545. The van der Waals surface area contributed by atoms with Gasteiger partial charge in [-0.2, -0.15) is 0 Å². The van der Waals surface area contributed by atoms with Crippen LogP contribution in [0.2, 0.25) is 39.3 Å². The Morgan fingerprint density at radius 1 is 0.920 bits per heavy atom. The van der Waals surface area contributed by atoms with Crippen molar-refractivity contribution < 1.29 is 0 Å². The lowest BCUT2D eigenvalue weighted by Gasteiger charge is -2.33. The largest absolute Gasteiger partial charge is 0.0876 e. The molecule has 0 amide bonds. The molecular formula is C22H37PSi2. The second-order valence-corrected chi connectivity index (χ2v) is 26.6. The third-order valence-corrected chi connectivity index (χ3v) is 17.0. The van der Waals surface area contributed by atoms with E-state index in [0.717, 1.165) is 0 Å². The first-order chi connectivity index (χ1) is 11.4. The van der Waals surface area contributed by atoms with Gasteiger partial charge in [0.2, 0.25) is 0 Å². The van der Waals surface area contributed by atoms with Crippen molar-refractivity contribution >= 4 is 28.6 Å². The van der Waals surface area contributed by atoms with E-state index in [1.54, 1.807) is 10.5 Å². The van der Waals surface area contributed by atoms with E-state index in [9.17, 15) is 0 Å². The quantitative estimate of drug-likeness (QED) is 0.366. The number of allylic oxidation sites excluding steroid dienone is 4. The normalized spacial score (nSPS) is 19.2. The lowest BCUT2D eigenvalue weighted by molar-refractivity contribution is 0.791. The van der Waals surface area contributed by atoms with E-state index in [1.165, 1.54) is 29.3 Å². The lowest BCUT2D eigenvalue weighted by Crippen LogP contribution is -2.29. The van der Waals surface area contributed by atoms with Crippen LogP contribution in [0, 0.1) is 26.7 Å². The van der Waals surface area contributed by atoms with E-state index < -0.39 is 15.8 Å². The van der Waals surface area contributed by atoms with Crippen molar-refractivity contribution in [2.45, 2.75) is 66.5 Å². The molecule has 1 aliphatic carbocycles. The summed E-state index contributed by atoms with van der Waals surface area (Å²) in [6.45, 7) is 22.0. The van der Waals surface area contributed by atoms with Gasteiger partial charge in [0.1, 0.15) is 0 Å². The average molecular weight is 389 g/mol. The predicted octanol–water partition coefficient (Wildman–Crippen LogP) is 6.93. The van der Waals surface area contributed by atoms with Crippen LogP contribution in [-0.4, -0.2) is 22.0 Å². The van der Waals surface area contributed by atoms with Crippen molar-refractivity contribution in [1.82, 2.24) is 0 Å². The fourth-order valence-electron chi connectivity index (χ4n) is 3.91. The second kappa shape index (κ2) is 7.66. The summed E-state index contributed by atoms with van der Waals surface area (Å²) in [7, 11) is -2.39. The van der Waals surface area contributed by atoms with E-state index >= 15 is 0 Å². The maximum atomic E-state index is 2.58. The highest BCUT2D eigenvalue weighted by atomic mass is 31.4. The van der Waals surface area contributed by atoms with Gasteiger partial charge in [0.05, 0.1) is 15.8 Å². The molecule has 0 spiro atoms. The van der Waals surface area contributed by atoms with Crippen LogP contribution in [0.5, 0.6) is 0 Å². The van der Waals surface area contributed by atoms with Gasteiger partial charge in [-0.25, -0.2) is 0 Å². The number of rotatable bonds is 6. The number of benzene rings is 1. The van der Waals surface area contributed by atoms with Gasteiger partial charge in [-0.1, -0.05) is 87.9 Å². The summed E-state index contributed by atoms with van der Waals surface area (Å²) < 4.78 is 0. The Balaban J connectivity index is 2.22. The van der Waals surface area contributed by atoms with Gasteiger partial charge in [0.25, 0.3) is 0 Å². The van der Waals surface area contributed by atoms with Crippen LogP contribution in [0.25, 0.3) is 0 Å². The molecule has 0 saturated carbocycles. The summed E-state index contributed by atoms with van der Waals surface area (Å²) in [4.78, 5) is 0. The Bertz CT molecular complexity index is 664. The topological polar surface area (TPSA) is 0 Å². The summed E-state index contributed by atoms with van der Waals surface area (Å²) in [5, 5.41) is 3.37. The van der Waals surface area contributed by atoms with Crippen molar-refractivity contribution in [3.63, 3.8) is 0 Å². The van der Waals surface area contributed by atoms with Crippen LogP contribution in [0.15, 0.2) is 35.6 Å². The number of aryl methyl sites for hydroxylation is 3. The molecule has 0 radical (unpaired) electrons. The zero-order valence-electron chi connectivity index (χ0n) is 17.8. The minimum Gasteiger partial charge on any atom is -0.0876 e. The lowest BCUT2D eigenvalue weighted by atomic mass is 10.1. The molecule has 138 valence electrons. The van der Waals surface area contributed by atoms with Crippen molar-refractivity contribution in [1.29, 1.82) is 0 Å². The van der Waals surface area contributed by atoms with Crippen LogP contribution in [-0.2, 0) is 0 Å². The van der Waals surface area contributed by atoms with E-state index in [-0.39, 0.29) is 7.47 Å². The monoisotopic (exact) mass is 388 g/mol. The van der Waals surface area contributed by atoms with Crippen LogP contribution >= 0.6 is 7.47 Å². The zero-order valence-corrected chi connectivity index (χ0v) is 20.7. The summed E-state index contributed by atoms with van der Waals surface area (Å²) in [6, 6.07) is 4.80. The zero-order chi connectivity index (χ0) is 19.0. The SMILES string of the molecule is Cc1cc(C)c(P(CCC2C=CC([Si](C)(C)C)=C2)[Si](C)(C)C)c(C)c1. The van der Waals surface area contributed by atoms with Gasteiger partial charge in [-0.05, 0) is 55.7 Å². The minimum atomic E-state index is -1.20. The second-order valence-electron chi connectivity index (χ2n) is 9.75. The van der Waals surface area contributed by atoms with E-state index in [4.69, 9.17) is 0 Å². The number of hydrogen-bond donors (Lipinski definition) is 0. The highest BCUT2D eigenvalue weighted by molar-refractivity contribution is 7.99. The molecule has 0 heterocycles. The maximum Gasteiger partial charge on any atom is 0.0773 e. The molecule has 25 heavy (non-hydrogen) atoms. The molecule has 3 heteroatoms. The summed E-state index contributed by atoms with van der Waals surface area (Å²) in [5.74, 6) is 0.675. The Morgan fingerprint density at radius 3 is 1.92 bits per heavy atom. The number of hydrogen-bond acceptors (Lipinski definition) is 0. The van der Waals surface area contributed by atoms with E-state index in [2.05, 4.69) is 90.4 Å². The molecule has 0 saturated heterocycles. The van der Waals surface area contributed by atoms with E-state index in [1.807, 2.05) is 0 Å². The maximum absolute atomic E-state index is 2.58. The molecule has 0 nitrogen and oxygen atoms in total. The Kier molecular flexibility index (Phi) is 6.40. The van der Waals surface area contributed by atoms with Crippen LogP contribution in [0.3, 0.4) is 0 Å². The van der Waals surface area contributed by atoms with Gasteiger partial charge in [0, 0.05) is 0 Å². The van der Waals surface area contributed by atoms with Crippen LogP contribution in [0.4, 0.5) is 0 Å². The molecule has 0 aliphatic heterocycles. The molecule has 2 unspecified atom stereocenters. The molecule has 2 rings (SSSR count). The van der Waals surface area contributed by atoms with Crippen molar-refractivity contribution in [3.8, 4) is 0 Å². The molecular weight excluding hydrogens is 351 g/mol. The first kappa shape index (κ1) is 20.9. The van der Waals surface area contributed by atoms with Crippen LogP contribution < -0.4 is 5.30 Å². The van der Waals surface area contributed by atoms with Gasteiger partial charge in [-0.15, -0.1) is 0 Å². The van der Waals surface area contributed by atoms with Crippen molar-refractivity contribution in [2.75, 3.05) is 6.16 Å². The first-order valence-corrected chi connectivity index (χ1v) is 19.0. The first-order valence-electron chi connectivity index (χ1n) is 9.65. The van der Waals surface area contributed by atoms with Gasteiger partial charge in [0.15, 0.2) is 0 Å². The molecule has 0 fully saturated rings. The Labute approximate surface area is 159 Å². The third-order valence-electron chi connectivity index (χ3n) is 5.18. The molecule has 0 bridgehead atoms. The Hall–Kier alpha value is -0.436. The molecule has 2 atom stereocenters. The van der Waals surface area contributed by atoms with Gasteiger partial charge >= 0.3 is 0 Å². The summed E-state index contributed by atoms with van der Waals surface area (Å²) in [5.41, 5.74) is 4.48. The smallest absolute Gasteiger partial charge is 0.0773 e. The van der Waals surface area contributed by atoms with Gasteiger partial charge in [-0.3, -0.25) is 0 Å². The molecule has 0 aromatic heterocycles. The van der Waals surface area contributed by atoms with Crippen molar-refractivity contribution in [3.05, 3.63) is 52.2 Å². The summed E-state index contributed by atoms with van der Waals surface area (Å²) >= 11 is 0. The predicted molar refractivity (Wildman–Crippen MR) is 124 cm³/mol. The van der Waals surface area contributed by atoms with E-state index in [0.29, 0.717) is 5.92 Å². The molecule has 1 aromatic rings. The molecule has 1 aromatic carbocycles. The summed E-state index contributed by atoms with van der Waals surface area (Å²) in [6.07, 6.45) is 10.2. The Morgan fingerprint density at radius 2 is 1.48 bits per heavy atom. The van der Waals surface area contributed by atoms with Crippen LogP contribution in [0.1, 0.15) is 23.1 Å². The third kappa shape index (κ3) is 5.28. The van der Waals surface area contributed by atoms with Crippen molar-refractivity contribution in [2.24, 2.45) is 5.92 Å². The fourth-order valence-corrected chi connectivity index (χ4v) is 13.8. The minimum absolute atomic E-state index is 0.0223. The average Bonchev–Trinajstić information content (AvgIpc) is 2.88. The molecule has 1 aliphatic rings. The highest BCUT2D eigenvalue weighted by Crippen LogP contribution is 2.48. The highest BCUT2D eigenvalue weighted by Gasteiger charge is 2.31. The standard InChI is InChI=1S/C22H37PSi2/c1-17-14-18(2)22(19(3)15-17)23(25(7,8)9)13-12-20-10-11-21(16-20)24(4,5)6/h10-11,14-16,20H,12-13H2,1-9H3.